The molecule has 0 fully saturated rings. The van der Waals surface area contributed by atoms with Crippen LogP contribution in [0.4, 0.5) is 4.39 Å². The minimum Gasteiger partial charge on any atom is -0.394 e. The van der Waals surface area contributed by atoms with Gasteiger partial charge in [0.25, 0.3) is 0 Å². The number of benzene rings is 1. The van der Waals surface area contributed by atoms with E-state index in [0.29, 0.717) is 0 Å². The summed E-state index contributed by atoms with van der Waals surface area (Å²) in [6.07, 6.45) is 0. The Hall–Kier alpha value is -0.980. The topological polar surface area (TPSA) is 57.6 Å². The summed E-state index contributed by atoms with van der Waals surface area (Å²) in [6, 6.07) is 5.17. The van der Waals surface area contributed by atoms with Gasteiger partial charge in [0.1, 0.15) is 10.7 Å². The zero-order chi connectivity index (χ0) is 13.3. The molecule has 0 aliphatic rings. The van der Waals surface area contributed by atoms with Crippen LogP contribution in [-0.2, 0) is 10.0 Å². The minimum absolute atomic E-state index is 0.350. The van der Waals surface area contributed by atoms with E-state index in [4.69, 9.17) is 5.11 Å². The van der Waals surface area contributed by atoms with Gasteiger partial charge in [-0.2, -0.15) is 4.31 Å². The number of halogens is 1. The molecule has 0 atom stereocenters. The molecule has 1 aromatic rings. The second-order valence-electron chi connectivity index (χ2n) is 4.37. The fraction of sp³-hybridized carbons (Fsp3) is 0.455. The number of likely N-dealkylation sites (N-methyl/N-ethyl adjacent to an activating group) is 1. The van der Waals surface area contributed by atoms with Gasteiger partial charge in [-0.05, 0) is 26.0 Å². The standard InChI is InChI=1S/C11H16FNO3S/c1-11(2,8-14)13(3)17(15,16)10-7-5-4-6-9(10)12/h4-7,14H,8H2,1-3H3. The number of aliphatic hydroxyl groups is 1. The van der Waals surface area contributed by atoms with Gasteiger partial charge < -0.3 is 5.11 Å². The highest BCUT2D eigenvalue weighted by Crippen LogP contribution is 2.24. The van der Waals surface area contributed by atoms with Gasteiger partial charge in [-0.15, -0.1) is 0 Å². The van der Waals surface area contributed by atoms with Crippen molar-refractivity contribution in [2.45, 2.75) is 24.3 Å². The van der Waals surface area contributed by atoms with Crippen LogP contribution >= 0.6 is 0 Å². The summed E-state index contributed by atoms with van der Waals surface area (Å²) in [7, 11) is -2.62. The van der Waals surface area contributed by atoms with Crippen LogP contribution in [0, 0.1) is 5.82 Å². The Balaban J connectivity index is 3.26. The predicted molar refractivity (Wildman–Crippen MR) is 62.5 cm³/mol. The molecule has 17 heavy (non-hydrogen) atoms. The highest BCUT2D eigenvalue weighted by molar-refractivity contribution is 7.89. The van der Waals surface area contributed by atoms with E-state index in [1.807, 2.05) is 0 Å². The maximum absolute atomic E-state index is 13.5. The third-order valence-electron chi connectivity index (χ3n) is 2.71. The fourth-order valence-electron chi connectivity index (χ4n) is 1.23. The zero-order valence-corrected chi connectivity index (χ0v) is 10.8. The van der Waals surface area contributed by atoms with Crippen LogP contribution in [0.15, 0.2) is 29.2 Å². The van der Waals surface area contributed by atoms with E-state index in [9.17, 15) is 12.8 Å². The van der Waals surface area contributed by atoms with Gasteiger partial charge in [0, 0.05) is 7.05 Å². The Labute approximate surface area is 101 Å². The first kappa shape index (κ1) is 14.1. The molecule has 0 saturated carbocycles. The molecule has 1 N–H and O–H groups in total. The van der Waals surface area contributed by atoms with Crippen LogP contribution in [0.3, 0.4) is 0 Å². The number of nitrogens with zero attached hydrogens (tertiary/aromatic N) is 1. The average Bonchev–Trinajstić information content (AvgIpc) is 2.28. The summed E-state index contributed by atoms with van der Waals surface area (Å²) < 4.78 is 38.7. The Kier molecular flexibility index (Phi) is 3.91. The molecule has 0 aliphatic carbocycles. The van der Waals surface area contributed by atoms with Crippen molar-refractivity contribution in [2.75, 3.05) is 13.7 Å². The van der Waals surface area contributed by atoms with Crippen molar-refractivity contribution in [1.29, 1.82) is 0 Å². The smallest absolute Gasteiger partial charge is 0.246 e. The Morgan fingerprint density at radius 3 is 2.35 bits per heavy atom. The number of aliphatic hydroxyl groups excluding tert-OH is 1. The predicted octanol–water partition coefficient (Wildman–Crippen LogP) is 1.22. The molecule has 0 saturated heterocycles. The summed E-state index contributed by atoms with van der Waals surface area (Å²) in [5.74, 6) is -0.798. The van der Waals surface area contributed by atoms with Gasteiger partial charge in [0.05, 0.1) is 12.1 Å². The molecule has 0 heterocycles. The van der Waals surface area contributed by atoms with E-state index in [0.717, 1.165) is 10.4 Å². The van der Waals surface area contributed by atoms with Gasteiger partial charge in [0.2, 0.25) is 10.0 Å². The summed E-state index contributed by atoms with van der Waals surface area (Å²) in [4.78, 5) is -0.385. The van der Waals surface area contributed by atoms with E-state index < -0.39 is 21.4 Å². The molecule has 96 valence electrons. The first-order chi connectivity index (χ1) is 7.73. The van der Waals surface area contributed by atoms with E-state index in [2.05, 4.69) is 0 Å². The lowest BCUT2D eigenvalue weighted by molar-refractivity contribution is 0.137. The molecule has 1 aromatic carbocycles. The second-order valence-corrected chi connectivity index (χ2v) is 6.31. The molecule has 0 aromatic heterocycles. The second kappa shape index (κ2) is 4.72. The van der Waals surface area contributed by atoms with E-state index in [1.165, 1.54) is 25.2 Å². The van der Waals surface area contributed by atoms with Crippen LogP contribution < -0.4 is 0 Å². The maximum Gasteiger partial charge on any atom is 0.246 e. The van der Waals surface area contributed by atoms with Gasteiger partial charge in [0.15, 0.2) is 0 Å². The van der Waals surface area contributed by atoms with Gasteiger partial charge >= 0.3 is 0 Å². The highest BCUT2D eigenvalue weighted by atomic mass is 32.2. The largest absolute Gasteiger partial charge is 0.394 e. The van der Waals surface area contributed by atoms with Crippen molar-refractivity contribution in [3.8, 4) is 0 Å². The van der Waals surface area contributed by atoms with Crippen molar-refractivity contribution in [2.24, 2.45) is 0 Å². The van der Waals surface area contributed by atoms with Gasteiger partial charge in [-0.3, -0.25) is 0 Å². The highest BCUT2D eigenvalue weighted by Gasteiger charge is 2.34. The van der Waals surface area contributed by atoms with Crippen molar-refractivity contribution >= 4 is 10.0 Å². The van der Waals surface area contributed by atoms with Gasteiger partial charge in [-0.1, -0.05) is 12.1 Å². The molecule has 0 bridgehead atoms. The lowest BCUT2D eigenvalue weighted by Crippen LogP contribution is -2.47. The van der Waals surface area contributed by atoms with E-state index in [1.54, 1.807) is 13.8 Å². The zero-order valence-electron chi connectivity index (χ0n) is 10.0. The molecule has 1 rings (SSSR count). The van der Waals surface area contributed by atoms with E-state index in [-0.39, 0.29) is 11.5 Å². The number of sulfonamides is 1. The number of hydrogen-bond acceptors (Lipinski definition) is 3. The van der Waals surface area contributed by atoms with Crippen LogP contribution in [-0.4, -0.2) is 37.0 Å². The minimum atomic E-state index is -3.94. The molecule has 0 aliphatic heterocycles. The Bertz CT molecular complexity index is 499. The molecular weight excluding hydrogens is 245 g/mol. The van der Waals surface area contributed by atoms with Crippen LogP contribution in [0.5, 0.6) is 0 Å². The Morgan fingerprint density at radius 2 is 1.88 bits per heavy atom. The summed E-state index contributed by atoms with van der Waals surface area (Å²) in [6.45, 7) is 2.77. The summed E-state index contributed by atoms with van der Waals surface area (Å²) >= 11 is 0. The van der Waals surface area contributed by atoms with Crippen LogP contribution in [0.2, 0.25) is 0 Å². The molecule has 0 unspecified atom stereocenters. The quantitative estimate of drug-likeness (QED) is 0.886. The van der Waals surface area contributed by atoms with Crippen molar-refractivity contribution in [1.82, 2.24) is 4.31 Å². The molecule has 0 radical (unpaired) electrons. The van der Waals surface area contributed by atoms with Crippen molar-refractivity contribution in [3.63, 3.8) is 0 Å². The number of rotatable bonds is 4. The maximum atomic E-state index is 13.5. The fourth-order valence-corrected chi connectivity index (χ4v) is 2.79. The van der Waals surface area contributed by atoms with Crippen molar-refractivity contribution in [3.05, 3.63) is 30.1 Å². The number of hydrogen-bond donors (Lipinski definition) is 1. The molecule has 0 spiro atoms. The third kappa shape index (κ3) is 2.65. The summed E-state index contributed by atoms with van der Waals surface area (Å²) in [5.41, 5.74) is -0.985. The van der Waals surface area contributed by atoms with Gasteiger partial charge in [-0.25, -0.2) is 12.8 Å². The molecule has 0 amide bonds. The first-order valence-electron chi connectivity index (χ1n) is 5.08. The lowest BCUT2D eigenvalue weighted by atomic mass is 10.1. The van der Waals surface area contributed by atoms with E-state index >= 15 is 0 Å². The average molecular weight is 261 g/mol. The van der Waals surface area contributed by atoms with Crippen LogP contribution in [0.1, 0.15) is 13.8 Å². The first-order valence-corrected chi connectivity index (χ1v) is 6.52. The molecular formula is C11H16FNO3S. The monoisotopic (exact) mass is 261 g/mol. The molecule has 6 heteroatoms. The SMILES string of the molecule is CN(C(C)(C)CO)S(=O)(=O)c1ccccc1F. The van der Waals surface area contributed by atoms with Crippen molar-refractivity contribution < 1.29 is 17.9 Å². The summed E-state index contributed by atoms with van der Waals surface area (Å²) in [5, 5.41) is 9.14. The van der Waals surface area contributed by atoms with Crippen LogP contribution in [0.25, 0.3) is 0 Å². The molecule has 4 nitrogen and oxygen atoms in total. The lowest BCUT2D eigenvalue weighted by Gasteiger charge is -2.32. The normalized spacial score (nSPS) is 13.1. The third-order valence-corrected chi connectivity index (χ3v) is 4.82. The Morgan fingerprint density at radius 1 is 1.35 bits per heavy atom.